The fourth-order valence-electron chi connectivity index (χ4n) is 4.95. The second-order valence-electron chi connectivity index (χ2n) is 7.43. The molecule has 4 aliphatic rings. The van der Waals surface area contributed by atoms with Crippen LogP contribution in [0.2, 0.25) is 0 Å². The van der Waals surface area contributed by atoms with E-state index in [0.717, 1.165) is 30.1 Å². The molecule has 4 heteroatoms. The highest BCUT2D eigenvalue weighted by atomic mass is 16.3. The summed E-state index contributed by atoms with van der Waals surface area (Å²) in [4.78, 5) is 12.1. The van der Waals surface area contributed by atoms with E-state index >= 15 is 0 Å². The number of carbonyl (C=O) groups is 1. The molecule has 0 aliphatic heterocycles. The largest absolute Gasteiger partial charge is 0.396 e. The molecule has 3 N–H and O–H groups in total. The van der Waals surface area contributed by atoms with Gasteiger partial charge in [-0.15, -0.1) is 0 Å². The van der Waals surface area contributed by atoms with E-state index in [-0.39, 0.29) is 12.6 Å². The van der Waals surface area contributed by atoms with Crippen molar-refractivity contribution in [3.63, 3.8) is 0 Å². The van der Waals surface area contributed by atoms with Gasteiger partial charge in [0.1, 0.15) is 0 Å². The lowest BCUT2D eigenvalue weighted by Gasteiger charge is -2.54. The first-order chi connectivity index (χ1) is 9.65. The zero-order valence-electron chi connectivity index (χ0n) is 12.5. The number of hydrogen-bond donors (Lipinski definition) is 3. The summed E-state index contributed by atoms with van der Waals surface area (Å²) in [6.07, 6.45) is 7.53. The van der Waals surface area contributed by atoms with Crippen molar-refractivity contribution in [2.45, 2.75) is 51.5 Å². The Labute approximate surface area is 121 Å². The van der Waals surface area contributed by atoms with E-state index in [1.54, 1.807) is 0 Å². The third-order valence-electron chi connectivity index (χ3n) is 5.76. The van der Waals surface area contributed by atoms with Crippen LogP contribution in [0, 0.1) is 29.6 Å². The number of amides is 2. The SMILES string of the molecule is CC(CCO)CNC(=O)NC1C2CC3CC(C2)CC1C3. The average Bonchev–Trinajstić information content (AvgIpc) is 2.40. The van der Waals surface area contributed by atoms with Crippen molar-refractivity contribution < 1.29 is 9.90 Å². The van der Waals surface area contributed by atoms with E-state index in [2.05, 4.69) is 17.6 Å². The van der Waals surface area contributed by atoms with Crippen molar-refractivity contribution in [1.82, 2.24) is 10.6 Å². The molecular weight excluding hydrogens is 252 g/mol. The van der Waals surface area contributed by atoms with E-state index in [9.17, 15) is 4.79 Å². The molecule has 0 saturated heterocycles. The maximum Gasteiger partial charge on any atom is 0.315 e. The number of nitrogens with one attached hydrogen (secondary N) is 2. The number of hydrogen-bond acceptors (Lipinski definition) is 2. The Balaban J connectivity index is 1.47. The van der Waals surface area contributed by atoms with E-state index in [1.807, 2.05) is 0 Å². The summed E-state index contributed by atoms with van der Waals surface area (Å²) in [6, 6.07) is 0.406. The Bertz CT molecular complexity index is 330. The van der Waals surface area contributed by atoms with Gasteiger partial charge in [0.05, 0.1) is 0 Å². The molecule has 4 aliphatic carbocycles. The summed E-state index contributed by atoms with van der Waals surface area (Å²) in [5.74, 6) is 3.69. The van der Waals surface area contributed by atoms with Gasteiger partial charge < -0.3 is 15.7 Å². The highest BCUT2D eigenvalue weighted by molar-refractivity contribution is 5.74. The van der Waals surface area contributed by atoms with Gasteiger partial charge in [-0.25, -0.2) is 4.79 Å². The minimum absolute atomic E-state index is 0.00716. The molecule has 0 aromatic rings. The van der Waals surface area contributed by atoms with Crippen molar-refractivity contribution in [3.05, 3.63) is 0 Å². The number of aliphatic hydroxyl groups is 1. The topological polar surface area (TPSA) is 61.4 Å². The van der Waals surface area contributed by atoms with Crippen LogP contribution in [-0.2, 0) is 0 Å². The number of rotatable bonds is 5. The Kier molecular flexibility index (Phi) is 4.20. The lowest BCUT2D eigenvalue weighted by molar-refractivity contribution is -0.00944. The zero-order valence-corrected chi connectivity index (χ0v) is 12.5. The Morgan fingerprint density at radius 3 is 2.30 bits per heavy atom. The first kappa shape index (κ1) is 14.2. The van der Waals surface area contributed by atoms with E-state index in [0.29, 0.717) is 18.5 Å². The molecule has 1 atom stereocenters. The lowest BCUT2D eigenvalue weighted by atomic mass is 9.54. The summed E-state index contributed by atoms with van der Waals surface area (Å²) in [6.45, 7) is 2.90. The van der Waals surface area contributed by atoms with E-state index in [4.69, 9.17) is 5.11 Å². The van der Waals surface area contributed by atoms with E-state index < -0.39 is 0 Å². The van der Waals surface area contributed by atoms with Crippen LogP contribution in [0.25, 0.3) is 0 Å². The maximum atomic E-state index is 12.1. The minimum atomic E-state index is -0.00716. The summed E-state index contributed by atoms with van der Waals surface area (Å²) >= 11 is 0. The second-order valence-corrected chi connectivity index (χ2v) is 7.43. The molecule has 0 aromatic heterocycles. The van der Waals surface area contributed by atoms with Gasteiger partial charge in [0.15, 0.2) is 0 Å². The predicted molar refractivity (Wildman–Crippen MR) is 78.2 cm³/mol. The van der Waals surface area contributed by atoms with Gasteiger partial charge in [-0.1, -0.05) is 6.92 Å². The first-order valence-corrected chi connectivity index (χ1v) is 8.31. The van der Waals surface area contributed by atoms with Crippen LogP contribution in [-0.4, -0.2) is 30.3 Å². The van der Waals surface area contributed by atoms with Crippen molar-refractivity contribution in [2.75, 3.05) is 13.2 Å². The van der Waals surface area contributed by atoms with Crippen LogP contribution in [0.15, 0.2) is 0 Å². The molecule has 0 heterocycles. The molecule has 0 spiro atoms. The van der Waals surface area contributed by atoms with Gasteiger partial charge in [0.2, 0.25) is 0 Å². The third-order valence-corrected chi connectivity index (χ3v) is 5.76. The number of aliphatic hydroxyl groups excluding tert-OH is 1. The van der Waals surface area contributed by atoms with Crippen LogP contribution in [0.3, 0.4) is 0 Å². The zero-order chi connectivity index (χ0) is 14.1. The smallest absolute Gasteiger partial charge is 0.315 e. The highest BCUT2D eigenvalue weighted by Crippen LogP contribution is 2.53. The molecule has 4 saturated carbocycles. The molecule has 4 bridgehead atoms. The average molecular weight is 280 g/mol. The van der Waals surface area contributed by atoms with Gasteiger partial charge in [-0.2, -0.15) is 0 Å². The normalized spacial score (nSPS) is 39.6. The summed E-state index contributed by atoms with van der Waals surface area (Å²) in [7, 11) is 0. The molecule has 4 rings (SSSR count). The summed E-state index contributed by atoms with van der Waals surface area (Å²) in [5.41, 5.74) is 0. The number of urea groups is 1. The molecule has 20 heavy (non-hydrogen) atoms. The van der Waals surface area contributed by atoms with Crippen LogP contribution in [0.1, 0.15) is 45.4 Å². The second kappa shape index (κ2) is 5.92. The summed E-state index contributed by atoms with van der Waals surface area (Å²) < 4.78 is 0. The van der Waals surface area contributed by atoms with Crippen molar-refractivity contribution in [3.8, 4) is 0 Å². The van der Waals surface area contributed by atoms with Crippen molar-refractivity contribution in [2.24, 2.45) is 29.6 Å². The first-order valence-electron chi connectivity index (χ1n) is 8.31. The highest BCUT2D eigenvalue weighted by Gasteiger charge is 2.48. The van der Waals surface area contributed by atoms with Gasteiger partial charge >= 0.3 is 6.03 Å². The summed E-state index contributed by atoms with van der Waals surface area (Å²) in [5, 5.41) is 15.1. The molecule has 2 amide bonds. The van der Waals surface area contributed by atoms with Gasteiger partial charge in [0, 0.05) is 19.2 Å². The van der Waals surface area contributed by atoms with Crippen LogP contribution in [0.4, 0.5) is 4.79 Å². The van der Waals surface area contributed by atoms with Gasteiger partial charge in [-0.05, 0) is 68.1 Å². The van der Waals surface area contributed by atoms with Crippen LogP contribution < -0.4 is 10.6 Å². The van der Waals surface area contributed by atoms with Gasteiger partial charge in [0.25, 0.3) is 0 Å². The van der Waals surface area contributed by atoms with Crippen molar-refractivity contribution >= 4 is 6.03 Å². The quantitative estimate of drug-likeness (QED) is 0.722. The molecule has 1 unspecified atom stereocenters. The predicted octanol–water partition coefficient (Wildman–Crippen LogP) is 2.13. The van der Waals surface area contributed by atoms with Gasteiger partial charge in [-0.3, -0.25) is 0 Å². The van der Waals surface area contributed by atoms with Crippen LogP contribution >= 0.6 is 0 Å². The lowest BCUT2D eigenvalue weighted by Crippen LogP contribution is -2.57. The molecule has 114 valence electrons. The standard InChI is InChI=1S/C16H28N2O2/c1-10(2-3-19)9-17-16(20)18-15-13-5-11-4-12(7-13)8-14(15)6-11/h10-15,19H,2-9H2,1H3,(H2,17,18,20). The molecule has 0 radical (unpaired) electrons. The molecule has 0 aromatic carbocycles. The Morgan fingerprint density at radius 1 is 1.15 bits per heavy atom. The Morgan fingerprint density at radius 2 is 1.75 bits per heavy atom. The number of carbonyl (C=O) groups excluding carboxylic acids is 1. The fourth-order valence-corrected chi connectivity index (χ4v) is 4.95. The minimum Gasteiger partial charge on any atom is -0.396 e. The fraction of sp³-hybridized carbons (Fsp3) is 0.938. The third kappa shape index (κ3) is 2.95. The Hall–Kier alpha value is -0.770. The molecule has 4 fully saturated rings. The van der Waals surface area contributed by atoms with Crippen LogP contribution in [0.5, 0.6) is 0 Å². The monoisotopic (exact) mass is 280 g/mol. The van der Waals surface area contributed by atoms with Crippen molar-refractivity contribution in [1.29, 1.82) is 0 Å². The molecule has 4 nitrogen and oxygen atoms in total. The maximum absolute atomic E-state index is 12.1. The molecular formula is C16H28N2O2. The van der Waals surface area contributed by atoms with E-state index in [1.165, 1.54) is 32.1 Å².